The largest absolute Gasteiger partial charge is 0.508 e. The van der Waals surface area contributed by atoms with Crippen molar-refractivity contribution in [1.82, 2.24) is 0 Å². The Bertz CT molecular complexity index is 521. The Morgan fingerprint density at radius 3 is 2.47 bits per heavy atom. The monoisotopic (exact) mass is 230 g/mol. The summed E-state index contributed by atoms with van der Waals surface area (Å²) in [7, 11) is 0. The van der Waals surface area contributed by atoms with Crippen molar-refractivity contribution in [3.63, 3.8) is 0 Å². The zero-order valence-corrected chi connectivity index (χ0v) is 9.55. The highest BCUT2D eigenvalue weighted by molar-refractivity contribution is 5.39. The first-order valence-electron chi connectivity index (χ1n) is 5.36. The first-order valence-corrected chi connectivity index (χ1v) is 5.36. The molecule has 0 aliphatic rings. The fraction of sp³-hybridized carbons (Fsp3) is 0.143. The van der Waals surface area contributed by atoms with Crippen LogP contribution in [-0.4, -0.2) is 10.2 Å². The Labute approximate surface area is 99.9 Å². The molecule has 0 amide bonds. The van der Waals surface area contributed by atoms with Gasteiger partial charge in [-0.25, -0.2) is 0 Å². The molecule has 3 nitrogen and oxygen atoms in total. The number of rotatable bonds is 3. The number of aromatic hydroxyl groups is 2. The van der Waals surface area contributed by atoms with Gasteiger partial charge in [0.1, 0.15) is 12.4 Å². The third-order valence-electron chi connectivity index (χ3n) is 2.49. The Kier molecular flexibility index (Phi) is 3.19. The Hall–Kier alpha value is -2.16. The summed E-state index contributed by atoms with van der Waals surface area (Å²) in [6.07, 6.45) is 0. The van der Waals surface area contributed by atoms with Gasteiger partial charge in [0.2, 0.25) is 0 Å². The van der Waals surface area contributed by atoms with Crippen LogP contribution in [0.25, 0.3) is 0 Å². The Morgan fingerprint density at radius 1 is 1.00 bits per heavy atom. The van der Waals surface area contributed by atoms with E-state index in [1.807, 2.05) is 19.1 Å². The molecule has 0 saturated carbocycles. The minimum Gasteiger partial charge on any atom is -0.508 e. The summed E-state index contributed by atoms with van der Waals surface area (Å²) in [6, 6.07) is 12.2. The van der Waals surface area contributed by atoms with E-state index < -0.39 is 0 Å². The van der Waals surface area contributed by atoms with Gasteiger partial charge in [0.25, 0.3) is 0 Å². The lowest BCUT2D eigenvalue weighted by Crippen LogP contribution is -1.96. The summed E-state index contributed by atoms with van der Waals surface area (Å²) >= 11 is 0. The molecule has 0 aromatic heterocycles. The zero-order valence-electron chi connectivity index (χ0n) is 9.55. The second-order valence-electron chi connectivity index (χ2n) is 3.89. The van der Waals surface area contributed by atoms with Gasteiger partial charge >= 0.3 is 0 Å². The minimum atomic E-state index is 0.0964. The highest BCUT2D eigenvalue weighted by atomic mass is 16.5. The first kappa shape index (κ1) is 11.3. The summed E-state index contributed by atoms with van der Waals surface area (Å²) in [5.41, 5.74) is 1.69. The molecule has 2 rings (SSSR count). The third kappa shape index (κ3) is 2.69. The molecule has 0 radical (unpaired) electrons. The molecule has 3 heteroatoms. The second kappa shape index (κ2) is 4.78. The van der Waals surface area contributed by atoms with Gasteiger partial charge in [0.15, 0.2) is 11.5 Å². The van der Waals surface area contributed by atoms with E-state index in [0.717, 1.165) is 5.56 Å². The highest BCUT2D eigenvalue weighted by Crippen LogP contribution is 2.27. The molecule has 0 bridgehead atoms. The number of hydrogen-bond acceptors (Lipinski definition) is 3. The van der Waals surface area contributed by atoms with Crippen molar-refractivity contribution in [3.05, 3.63) is 53.6 Å². The quantitative estimate of drug-likeness (QED) is 0.852. The van der Waals surface area contributed by atoms with E-state index in [1.165, 1.54) is 0 Å². The molecule has 0 unspecified atom stereocenters. The molecule has 0 heterocycles. The van der Waals surface area contributed by atoms with Gasteiger partial charge in [0, 0.05) is 5.56 Å². The van der Waals surface area contributed by atoms with Crippen molar-refractivity contribution in [3.8, 4) is 17.2 Å². The van der Waals surface area contributed by atoms with Gasteiger partial charge in [0.05, 0.1) is 0 Å². The number of phenolic OH excluding ortho intramolecular Hbond substituents is 2. The molecular formula is C14H14O3. The summed E-state index contributed by atoms with van der Waals surface area (Å²) in [4.78, 5) is 0. The average Bonchev–Trinajstić information content (AvgIpc) is 2.30. The van der Waals surface area contributed by atoms with Crippen molar-refractivity contribution in [2.24, 2.45) is 0 Å². The van der Waals surface area contributed by atoms with Crippen molar-refractivity contribution < 1.29 is 14.9 Å². The Morgan fingerprint density at radius 2 is 1.76 bits per heavy atom. The number of benzene rings is 2. The van der Waals surface area contributed by atoms with Crippen LogP contribution in [0.4, 0.5) is 0 Å². The molecule has 0 fully saturated rings. The van der Waals surface area contributed by atoms with Gasteiger partial charge in [-0.05, 0) is 30.7 Å². The van der Waals surface area contributed by atoms with E-state index in [1.54, 1.807) is 30.3 Å². The van der Waals surface area contributed by atoms with Crippen LogP contribution in [-0.2, 0) is 6.61 Å². The maximum absolute atomic E-state index is 9.70. The number of hydrogen-bond donors (Lipinski definition) is 2. The standard InChI is InChI=1S/C14H14O3/c1-10-6-7-11(13(16)8-10)9-17-14-5-3-2-4-12(14)15/h2-8,15-16H,9H2,1H3. The van der Waals surface area contributed by atoms with Crippen LogP contribution in [0.2, 0.25) is 0 Å². The van der Waals surface area contributed by atoms with Crippen LogP contribution >= 0.6 is 0 Å². The van der Waals surface area contributed by atoms with Crippen molar-refractivity contribution in [2.45, 2.75) is 13.5 Å². The Balaban J connectivity index is 2.10. The fourth-order valence-corrected chi connectivity index (χ4v) is 1.53. The number of ether oxygens (including phenoxy) is 1. The molecule has 2 aromatic rings. The van der Waals surface area contributed by atoms with Crippen molar-refractivity contribution >= 4 is 0 Å². The smallest absolute Gasteiger partial charge is 0.161 e. The molecule has 2 N–H and O–H groups in total. The van der Waals surface area contributed by atoms with Gasteiger partial charge in [-0.15, -0.1) is 0 Å². The summed E-state index contributed by atoms with van der Waals surface area (Å²) in [6.45, 7) is 2.14. The molecule has 2 aromatic carbocycles. The highest BCUT2D eigenvalue weighted by Gasteiger charge is 2.04. The predicted octanol–water partition coefficient (Wildman–Crippen LogP) is 2.99. The van der Waals surface area contributed by atoms with E-state index >= 15 is 0 Å². The van der Waals surface area contributed by atoms with Crippen LogP contribution in [0.3, 0.4) is 0 Å². The summed E-state index contributed by atoms with van der Waals surface area (Å²) in [5, 5.41) is 19.2. The maximum atomic E-state index is 9.70. The van der Waals surface area contributed by atoms with Crippen molar-refractivity contribution in [1.29, 1.82) is 0 Å². The van der Waals surface area contributed by atoms with Gasteiger partial charge in [-0.2, -0.15) is 0 Å². The third-order valence-corrected chi connectivity index (χ3v) is 2.49. The lowest BCUT2D eigenvalue weighted by atomic mass is 10.1. The number of para-hydroxylation sites is 2. The van der Waals surface area contributed by atoms with Crippen LogP contribution in [0.15, 0.2) is 42.5 Å². The molecule has 0 aliphatic carbocycles. The lowest BCUT2D eigenvalue weighted by Gasteiger charge is -2.09. The molecule has 17 heavy (non-hydrogen) atoms. The van der Waals surface area contributed by atoms with E-state index in [9.17, 15) is 10.2 Å². The number of aryl methyl sites for hydroxylation is 1. The van der Waals surface area contributed by atoms with Gasteiger partial charge < -0.3 is 14.9 Å². The van der Waals surface area contributed by atoms with Crippen molar-refractivity contribution in [2.75, 3.05) is 0 Å². The van der Waals surface area contributed by atoms with E-state index in [4.69, 9.17) is 4.74 Å². The normalized spacial score (nSPS) is 10.2. The fourth-order valence-electron chi connectivity index (χ4n) is 1.53. The first-order chi connectivity index (χ1) is 8.16. The zero-order chi connectivity index (χ0) is 12.3. The maximum Gasteiger partial charge on any atom is 0.161 e. The van der Waals surface area contributed by atoms with Crippen LogP contribution in [0.5, 0.6) is 17.2 Å². The van der Waals surface area contributed by atoms with Gasteiger partial charge in [-0.1, -0.05) is 24.3 Å². The molecule has 0 spiro atoms. The molecule has 0 saturated heterocycles. The molecule has 88 valence electrons. The molecule has 0 atom stereocenters. The topological polar surface area (TPSA) is 49.7 Å². The molecule has 0 aliphatic heterocycles. The van der Waals surface area contributed by atoms with Crippen LogP contribution in [0.1, 0.15) is 11.1 Å². The summed E-state index contributed by atoms with van der Waals surface area (Å²) < 4.78 is 5.43. The van der Waals surface area contributed by atoms with Crippen LogP contribution in [0, 0.1) is 6.92 Å². The lowest BCUT2D eigenvalue weighted by molar-refractivity contribution is 0.283. The van der Waals surface area contributed by atoms with E-state index in [2.05, 4.69) is 0 Å². The summed E-state index contributed by atoms with van der Waals surface area (Å²) in [5.74, 6) is 0.715. The second-order valence-corrected chi connectivity index (χ2v) is 3.89. The minimum absolute atomic E-state index is 0.0964. The average molecular weight is 230 g/mol. The SMILES string of the molecule is Cc1ccc(COc2ccccc2O)c(O)c1. The molecular weight excluding hydrogens is 216 g/mol. The van der Waals surface area contributed by atoms with Gasteiger partial charge in [-0.3, -0.25) is 0 Å². The van der Waals surface area contributed by atoms with E-state index in [-0.39, 0.29) is 18.1 Å². The van der Waals surface area contributed by atoms with Crippen LogP contribution < -0.4 is 4.74 Å². The van der Waals surface area contributed by atoms with E-state index in [0.29, 0.717) is 11.3 Å². The predicted molar refractivity (Wildman–Crippen MR) is 65.3 cm³/mol. The number of phenols is 2.